The maximum atomic E-state index is 6.12. The van der Waals surface area contributed by atoms with Gasteiger partial charge in [0.1, 0.15) is 0 Å². The number of hydroxylamine groups is 1. The van der Waals surface area contributed by atoms with Crippen LogP contribution in [0.25, 0.3) is 0 Å². The smallest absolute Gasteiger partial charge is 0.256 e. The van der Waals surface area contributed by atoms with Crippen LogP contribution in [0.3, 0.4) is 0 Å². The molecule has 0 unspecified atom stereocenters. The Morgan fingerprint density at radius 2 is 1.19 bits per heavy atom. The Bertz CT molecular complexity index is 558. The lowest BCUT2D eigenvalue weighted by Gasteiger charge is -2.37. The number of piperidine rings is 2. The zero-order chi connectivity index (χ0) is 18.8. The van der Waals surface area contributed by atoms with Crippen LogP contribution in [-0.2, 0) is 4.84 Å². The molecule has 1 aromatic heterocycles. The van der Waals surface area contributed by atoms with Crippen LogP contribution < -0.4 is 37.8 Å². The van der Waals surface area contributed by atoms with Crippen molar-refractivity contribution in [2.24, 2.45) is 22.9 Å². The predicted octanol–water partition coefficient (Wildman–Crippen LogP) is -1.98. The van der Waals surface area contributed by atoms with Crippen molar-refractivity contribution in [2.45, 2.75) is 37.0 Å². The molecule has 0 bridgehead atoms. The highest BCUT2D eigenvalue weighted by atomic mass is 35.5. The third-order valence-corrected chi connectivity index (χ3v) is 4.75. The summed E-state index contributed by atoms with van der Waals surface area (Å²) < 4.78 is 0. The molecule has 154 valence electrons. The Morgan fingerprint density at radius 3 is 1.52 bits per heavy atom. The van der Waals surface area contributed by atoms with Gasteiger partial charge >= 0.3 is 0 Å². The van der Waals surface area contributed by atoms with Crippen LogP contribution in [0.1, 0.15) is 12.8 Å². The standard InChI is InChI=1S/C15H30N10O.ClH/c1-23(26-2)13-20-14(24-5-9(16)3-10(17)6-24)22-15(21-13)25-7-11(18)4-12(19)8-25;/h9-12H,3-8,16-19H2,1-2H3;1H/t9-,10+,11-,12+;. The van der Waals surface area contributed by atoms with Crippen LogP contribution in [0.4, 0.5) is 17.8 Å². The van der Waals surface area contributed by atoms with Gasteiger partial charge in [0.2, 0.25) is 11.9 Å². The Labute approximate surface area is 165 Å². The largest absolute Gasteiger partial charge is 0.338 e. The Balaban J connectivity index is 0.00000261. The van der Waals surface area contributed by atoms with Crippen LogP contribution in [-0.4, -0.2) is 79.5 Å². The highest BCUT2D eigenvalue weighted by Gasteiger charge is 2.29. The molecule has 3 rings (SSSR count). The van der Waals surface area contributed by atoms with Crippen molar-refractivity contribution in [3.63, 3.8) is 0 Å². The summed E-state index contributed by atoms with van der Waals surface area (Å²) in [6.45, 7) is 2.58. The van der Waals surface area contributed by atoms with Gasteiger partial charge in [0.15, 0.2) is 0 Å². The van der Waals surface area contributed by atoms with Gasteiger partial charge in [0, 0.05) is 57.4 Å². The molecule has 0 aliphatic carbocycles. The third kappa shape index (κ3) is 5.27. The van der Waals surface area contributed by atoms with E-state index in [1.165, 1.54) is 5.06 Å². The number of aromatic nitrogens is 3. The highest BCUT2D eigenvalue weighted by molar-refractivity contribution is 5.85. The average Bonchev–Trinajstić information content (AvgIpc) is 2.59. The molecule has 27 heavy (non-hydrogen) atoms. The van der Waals surface area contributed by atoms with Gasteiger partial charge in [0.25, 0.3) is 5.95 Å². The number of rotatable bonds is 4. The van der Waals surface area contributed by atoms with Crippen LogP contribution >= 0.6 is 12.4 Å². The van der Waals surface area contributed by atoms with Crippen LogP contribution in [0.5, 0.6) is 0 Å². The summed E-state index contributed by atoms with van der Waals surface area (Å²) in [5, 5.41) is 1.49. The second-order valence-corrected chi connectivity index (χ2v) is 7.24. The first-order chi connectivity index (χ1) is 12.4. The molecular weight excluding hydrogens is 372 g/mol. The number of nitrogens with zero attached hydrogens (tertiary/aromatic N) is 6. The molecule has 12 heteroatoms. The molecule has 8 N–H and O–H groups in total. The SMILES string of the molecule is CON(C)c1nc(N2C[C@H](N)C[C@H](N)C2)nc(N2C[C@H](N)C[C@H](N)C2)n1.Cl. The van der Waals surface area contributed by atoms with Gasteiger partial charge in [0.05, 0.1) is 7.11 Å². The normalized spacial score (nSPS) is 28.7. The number of halogens is 1. The van der Waals surface area contributed by atoms with E-state index in [0.29, 0.717) is 44.0 Å². The summed E-state index contributed by atoms with van der Waals surface area (Å²) in [6.07, 6.45) is 1.57. The molecule has 2 saturated heterocycles. The molecule has 11 nitrogen and oxygen atoms in total. The second-order valence-electron chi connectivity index (χ2n) is 7.24. The Morgan fingerprint density at radius 1 is 0.815 bits per heavy atom. The maximum Gasteiger partial charge on any atom is 0.256 e. The summed E-state index contributed by atoms with van der Waals surface area (Å²) in [5.41, 5.74) is 24.5. The number of anilines is 3. The van der Waals surface area contributed by atoms with Gasteiger partial charge < -0.3 is 32.7 Å². The van der Waals surface area contributed by atoms with Gasteiger partial charge in [-0.25, -0.2) is 5.06 Å². The second kappa shape index (κ2) is 9.13. The van der Waals surface area contributed by atoms with Gasteiger partial charge in [-0.05, 0) is 12.8 Å². The van der Waals surface area contributed by atoms with E-state index in [-0.39, 0.29) is 36.6 Å². The minimum Gasteiger partial charge on any atom is -0.338 e. The van der Waals surface area contributed by atoms with Crippen molar-refractivity contribution >= 4 is 30.3 Å². The molecule has 1 aromatic rings. The first-order valence-electron chi connectivity index (χ1n) is 8.91. The first-order valence-corrected chi connectivity index (χ1v) is 8.91. The predicted molar refractivity (Wildman–Crippen MR) is 108 cm³/mol. The van der Waals surface area contributed by atoms with Gasteiger partial charge in [-0.3, -0.25) is 4.84 Å². The van der Waals surface area contributed by atoms with E-state index in [0.717, 1.165) is 12.8 Å². The van der Waals surface area contributed by atoms with Crippen molar-refractivity contribution in [1.29, 1.82) is 0 Å². The number of hydrogen-bond donors (Lipinski definition) is 4. The number of nitrogens with two attached hydrogens (primary N) is 4. The minimum absolute atomic E-state index is 0. The summed E-state index contributed by atoms with van der Waals surface area (Å²) >= 11 is 0. The van der Waals surface area contributed by atoms with Crippen molar-refractivity contribution < 1.29 is 4.84 Å². The van der Waals surface area contributed by atoms with E-state index in [1.54, 1.807) is 14.2 Å². The zero-order valence-corrected chi connectivity index (χ0v) is 16.7. The van der Waals surface area contributed by atoms with Crippen LogP contribution in [0.15, 0.2) is 0 Å². The molecule has 0 amide bonds. The maximum absolute atomic E-state index is 6.12. The van der Waals surface area contributed by atoms with E-state index < -0.39 is 0 Å². The fraction of sp³-hybridized carbons (Fsp3) is 0.800. The number of hydrogen-bond acceptors (Lipinski definition) is 11. The summed E-state index contributed by atoms with van der Waals surface area (Å²) in [7, 11) is 3.30. The molecule has 0 spiro atoms. The summed E-state index contributed by atoms with van der Waals surface area (Å²) in [5.74, 6) is 1.48. The van der Waals surface area contributed by atoms with Crippen molar-refractivity contribution in [3.05, 3.63) is 0 Å². The monoisotopic (exact) mass is 402 g/mol. The molecule has 2 aliphatic heterocycles. The van der Waals surface area contributed by atoms with Crippen molar-refractivity contribution in [2.75, 3.05) is 55.2 Å². The van der Waals surface area contributed by atoms with Crippen molar-refractivity contribution in [1.82, 2.24) is 15.0 Å². The molecule has 2 fully saturated rings. The van der Waals surface area contributed by atoms with E-state index >= 15 is 0 Å². The lowest BCUT2D eigenvalue weighted by atomic mass is 10.0. The van der Waals surface area contributed by atoms with Crippen LogP contribution in [0, 0.1) is 0 Å². The first kappa shape index (κ1) is 21.8. The van der Waals surface area contributed by atoms with E-state index in [9.17, 15) is 0 Å². The molecule has 4 atom stereocenters. The zero-order valence-electron chi connectivity index (χ0n) is 15.9. The average molecular weight is 403 g/mol. The summed E-state index contributed by atoms with van der Waals surface area (Å²) in [6, 6.07) is -0.0578. The lowest BCUT2D eigenvalue weighted by Crippen LogP contribution is -2.54. The van der Waals surface area contributed by atoms with Crippen molar-refractivity contribution in [3.8, 4) is 0 Å². The minimum atomic E-state index is -0.0144. The highest BCUT2D eigenvalue weighted by Crippen LogP contribution is 2.23. The van der Waals surface area contributed by atoms with E-state index in [2.05, 4.69) is 15.0 Å². The fourth-order valence-electron chi connectivity index (χ4n) is 3.53. The topological polar surface area (TPSA) is 162 Å². The molecule has 0 aromatic carbocycles. The Kier molecular flexibility index (Phi) is 7.37. The molecule has 2 aliphatic rings. The summed E-state index contributed by atoms with van der Waals surface area (Å²) in [4.78, 5) is 23.0. The van der Waals surface area contributed by atoms with Gasteiger partial charge in [-0.1, -0.05) is 0 Å². The molecule has 0 radical (unpaired) electrons. The Hall–Kier alpha value is -1.50. The fourth-order valence-corrected chi connectivity index (χ4v) is 3.53. The third-order valence-electron chi connectivity index (χ3n) is 4.75. The lowest BCUT2D eigenvalue weighted by molar-refractivity contribution is 0.180. The van der Waals surface area contributed by atoms with Gasteiger partial charge in [-0.15, -0.1) is 12.4 Å². The van der Waals surface area contributed by atoms with E-state index in [4.69, 9.17) is 27.8 Å². The molecule has 3 heterocycles. The quantitative estimate of drug-likeness (QED) is 0.413. The molecule has 0 saturated carbocycles. The van der Waals surface area contributed by atoms with Crippen LogP contribution in [0.2, 0.25) is 0 Å². The van der Waals surface area contributed by atoms with E-state index in [1.807, 2.05) is 9.80 Å². The van der Waals surface area contributed by atoms with Gasteiger partial charge in [-0.2, -0.15) is 15.0 Å². The molecular formula is C15H31ClN10O.